The van der Waals surface area contributed by atoms with E-state index in [1.807, 2.05) is 6.20 Å². The number of ether oxygens (including phenoxy) is 1. The van der Waals surface area contributed by atoms with Crippen molar-refractivity contribution in [2.75, 3.05) is 13.2 Å². The van der Waals surface area contributed by atoms with Gasteiger partial charge in [0.05, 0.1) is 12.7 Å². The fraction of sp³-hybridized carbons (Fsp3) is 0.800. The Morgan fingerprint density at radius 1 is 1.37 bits per heavy atom. The predicted octanol–water partition coefficient (Wildman–Crippen LogP) is 2.88. The Balaban J connectivity index is 1.83. The monoisotopic (exact) mass is 266 g/mol. The molecule has 0 amide bonds. The van der Waals surface area contributed by atoms with E-state index in [1.165, 1.54) is 0 Å². The normalized spacial score (nSPS) is 19.6. The number of nitrogens with one attached hydrogen (secondary N) is 1. The van der Waals surface area contributed by atoms with Gasteiger partial charge < -0.3 is 14.5 Å². The zero-order valence-electron chi connectivity index (χ0n) is 12.5. The SMILES string of the molecule is C[C@@H](NCc1ncc(C(C)(C)C)o1)C1CCOCC1. The van der Waals surface area contributed by atoms with Crippen molar-refractivity contribution >= 4 is 0 Å². The lowest BCUT2D eigenvalue weighted by Crippen LogP contribution is -2.36. The van der Waals surface area contributed by atoms with Crippen LogP contribution in [0.4, 0.5) is 0 Å². The molecule has 1 atom stereocenters. The molecule has 108 valence electrons. The molecular weight excluding hydrogens is 240 g/mol. The van der Waals surface area contributed by atoms with Crippen molar-refractivity contribution in [1.82, 2.24) is 10.3 Å². The molecule has 2 heterocycles. The molecule has 0 radical (unpaired) electrons. The van der Waals surface area contributed by atoms with Gasteiger partial charge in [0, 0.05) is 24.7 Å². The van der Waals surface area contributed by atoms with Crippen LogP contribution in [0.5, 0.6) is 0 Å². The molecule has 1 aromatic rings. The summed E-state index contributed by atoms with van der Waals surface area (Å²) < 4.78 is 11.2. The van der Waals surface area contributed by atoms with Crippen LogP contribution in [-0.2, 0) is 16.7 Å². The summed E-state index contributed by atoms with van der Waals surface area (Å²) in [5.41, 5.74) is 0.0254. The second-order valence-electron chi connectivity index (χ2n) is 6.49. The third-order valence-electron chi connectivity index (χ3n) is 3.84. The molecule has 1 aliphatic rings. The summed E-state index contributed by atoms with van der Waals surface area (Å²) in [7, 11) is 0. The Morgan fingerprint density at radius 3 is 2.63 bits per heavy atom. The molecule has 0 aliphatic carbocycles. The first-order valence-electron chi connectivity index (χ1n) is 7.23. The van der Waals surface area contributed by atoms with Crippen molar-refractivity contribution < 1.29 is 9.15 Å². The van der Waals surface area contributed by atoms with Crippen LogP contribution in [0, 0.1) is 5.92 Å². The van der Waals surface area contributed by atoms with Gasteiger partial charge >= 0.3 is 0 Å². The predicted molar refractivity (Wildman–Crippen MR) is 75.0 cm³/mol. The topological polar surface area (TPSA) is 47.3 Å². The third kappa shape index (κ3) is 4.05. The Kier molecular flexibility index (Phi) is 4.63. The summed E-state index contributed by atoms with van der Waals surface area (Å²) in [5, 5.41) is 3.52. The maximum Gasteiger partial charge on any atom is 0.208 e. The summed E-state index contributed by atoms with van der Waals surface area (Å²) in [6, 6.07) is 0.480. The molecule has 4 nitrogen and oxygen atoms in total. The molecule has 1 aromatic heterocycles. The highest BCUT2D eigenvalue weighted by molar-refractivity contribution is 5.05. The highest BCUT2D eigenvalue weighted by atomic mass is 16.5. The second kappa shape index (κ2) is 6.06. The quantitative estimate of drug-likeness (QED) is 0.910. The van der Waals surface area contributed by atoms with Gasteiger partial charge in [0.2, 0.25) is 5.89 Å². The van der Waals surface area contributed by atoms with E-state index in [0.29, 0.717) is 18.5 Å². The fourth-order valence-corrected chi connectivity index (χ4v) is 2.37. The standard InChI is InChI=1S/C15H26N2O2/c1-11(12-5-7-18-8-6-12)16-10-14-17-9-13(19-14)15(2,3)4/h9,11-12,16H,5-8,10H2,1-4H3/t11-/m1/s1. The zero-order chi connectivity index (χ0) is 13.9. The molecule has 0 aromatic carbocycles. The van der Waals surface area contributed by atoms with Crippen LogP contribution < -0.4 is 5.32 Å². The van der Waals surface area contributed by atoms with Crippen LogP contribution >= 0.6 is 0 Å². The van der Waals surface area contributed by atoms with E-state index in [1.54, 1.807) is 0 Å². The summed E-state index contributed by atoms with van der Waals surface area (Å²) in [5.74, 6) is 2.43. The lowest BCUT2D eigenvalue weighted by atomic mass is 9.93. The molecule has 2 rings (SSSR count). The Labute approximate surface area is 115 Å². The molecular formula is C15H26N2O2. The number of nitrogens with zero attached hydrogens (tertiary/aromatic N) is 1. The summed E-state index contributed by atoms with van der Waals surface area (Å²) in [4.78, 5) is 4.35. The van der Waals surface area contributed by atoms with Crippen molar-refractivity contribution in [2.24, 2.45) is 5.92 Å². The van der Waals surface area contributed by atoms with Gasteiger partial charge in [0.15, 0.2) is 0 Å². The van der Waals surface area contributed by atoms with Gasteiger partial charge in [-0.2, -0.15) is 0 Å². The zero-order valence-corrected chi connectivity index (χ0v) is 12.5. The fourth-order valence-electron chi connectivity index (χ4n) is 2.37. The van der Waals surface area contributed by atoms with E-state index in [0.717, 1.165) is 37.7 Å². The Hall–Kier alpha value is -0.870. The first kappa shape index (κ1) is 14.5. The third-order valence-corrected chi connectivity index (χ3v) is 3.84. The highest BCUT2D eigenvalue weighted by Crippen LogP contribution is 2.23. The molecule has 0 unspecified atom stereocenters. The minimum absolute atomic E-state index is 0.0254. The van der Waals surface area contributed by atoms with E-state index in [4.69, 9.17) is 9.15 Å². The maximum atomic E-state index is 5.79. The van der Waals surface area contributed by atoms with Crippen LogP contribution in [0.1, 0.15) is 52.2 Å². The van der Waals surface area contributed by atoms with E-state index >= 15 is 0 Å². The van der Waals surface area contributed by atoms with Gasteiger partial charge in [-0.25, -0.2) is 4.98 Å². The van der Waals surface area contributed by atoms with Gasteiger partial charge in [0.1, 0.15) is 5.76 Å². The molecule has 1 N–H and O–H groups in total. The van der Waals surface area contributed by atoms with Crippen molar-refractivity contribution in [3.05, 3.63) is 17.8 Å². The van der Waals surface area contributed by atoms with E-state index in [-0.39, 0.29) is 5.41 Å². The average Bonchev–Trinajstić information content (AvgIpc) is 2.86. The number of hydrogen-bond donors (Lipinski definition) is 1. The lowest BCUT2D eigenvalue weighted by Gasteiger charge is -2.28. The molecule has 1 fully saturated rings. The first-order valence-corrected chi connectivity index (χ1v) is 7.23. The molecule has 1 aliphatic heterocycles. The first-order chi connectivity index (χ1) is 8.97. The molecule has 0 spiro atoms. The van der Waals surface area contributed by atoms with Gasteiger partial charge in [-0.05, 0) is 25.7 Å². The Bertz CT molecular complexity index is 389. The molecule has 0 saturated carbocycles. The van der Waals surface area contributed by atoms with Crippen LogP contribution in [0.3, 0.4) is 0 Å². The minimum Gasteiger partial charge on any atom is -0.444 e. The van der Waals surface area contributed by atoms with Gasteiger partial charge in [-0.15, -0.1) is 0 Å². The van der Waals surface area contributed by atoms with Crippen molar-refractivity contribution in [3.8, 4) is 0 Å². The van der Waals surface area contributed by atoms with Crippen LogP contribution in [-0.4, -0.2) is 24.2 Å². The summed E-state index contributed by atoms with van der Waals surface area (Å²) in [6.07, 6.45) is 4.14. The number of rotatable bonds is 4. The van der Waals surface area contributed by atoms with Gasteiger partial charge in [0.25, 0.3) is 0 Å². The van der Waals surface area contributed by atoms with E-state index < -0.39 is 0 Å². The Morgan fingerprint density at radius 2 is 2.05 bits per heavy atom. The van der Waals surface area contributed by atoms with Crippen molar-refractivity contribution in [3.63, 3.8) is 0 Å². The van der Waals surface area contributed by atoms with Crippen LogP contribution in [0.25, 0.3) is 0 Å². The van der Waals surface area contributed by atoms with Gasteiger partial charge in [-0.1, -0.05) is 20.8 Å². The number of hydrogen-bond acceptors (Lipinski definition) is 4. The van der Waals surface area contributed by atoms with Crippen molar-refractivity contribution in [1.29, 1.82) is 0 Å². The molecule has 4 heteroatoms. The van der Waals surface area contributed by atoms with Crippen LogP contribution in [0.15, 0.2) is 10.6 Å². The maximum absolute atomic E-state index is 5.79. The smallest absolute Gasteiger partial charge is 0.208 e. The molecule has 0 bridgehead atoms. The number of aromatic nitrogens is 1. The minimum atomic E-state index is 0.0254. The summed E-state index contributed by atoms with van der Waals surface area (Å²) >= 11 is 0. The lowest BCUT2D eigenvalue weighted by molar-refractivity contribution is 0.0555. The van der Waals surface area contributed by atoms with E-state index in [2.05, 4.69) is 38.0 Å². The average molecular weight is 266 g/mol. The van der Waals surface area contributed by atoms with E-state index in [9.17, 15) is 0 Å². The van der Waals surface area contributed by atoms with Crippen molar-refractivity contribution in [2.45, 2.75) is 58.5 Å². The second-order valence-corrected chi connectivity index (χ2v) is 6.49. The van der Waals surface area contributed by atoms with Gasteiger partial charge in [-0.3, -0.25) is 0 Å². The highest BCUT2D eigenvalue weighted by Gasteiger charge is 2.22. The van der Waals surface area contributed by atoms with Crippen LogP contribution in [0.2, 0.25) is 0 Å². The molecule has 19 heavy (non-hydrogen) atoms. The molecule has 1 saturated heterocycles. The number of oxazole rings is 1. The largest absolute Gasteiger partial charge is 0.444 e. The summed E-state index contributed by atoms with van der Waals surface area (Å²) in [6.45, 7) is 11.1.